The molecule has 2 aromatic rings. The first-order valence-corrected chi connectivity index (χ1v) is 10.2. The number of carbonyl (C=O) groups excluding carboxylic acids is 1. The van der Waals surface area contributed by atoms with Crippen LogP contribution in [0.15, 0.2) is 22.9 Å². The molecule has 0 spiro atoms. The van der Waals surface area contributed by atoms with Crippen molar-refractivity contribution in [1.82, 2.24) is 9.97 Å². The van der Waals surface area contributed by atoms with Crippen molar-refractivity contribution in [2.75, 3.05) is 7.11 Å². The monoisotopic (exact) mass is 438 g/mol. The van der Waals surface area contributed by atoms with E-state index in [0.717, 1.165) is 20.7 Å². The van der Waals surface area contributed by atoms with Crippen LogP contribution in [0.5, 0.6) is 0 Å². The molecule has 2 aromatic heterocycles. The number of pyridine rings is 1. The van der Waals surface area contributed by atoms with Gasteiger partial charge >= 0.3 is 5.97 Å². The minimum absolute atomic E-state index is 0.203. The van der Waals surface area contributed by atoms with Crippen LogP contribution in [-0.2, 0) is 15.1 Å². The van der Waals surface area contributed by atoms with E-state index in [1.807, 2.05) is 32.9 Å². The van der Waals surface area contributed by atoms with Gasteiger partial charge in [0.25, 0.3) is 0 Å². The van der Waals surface area contributed by atoms with Crippen LogP contribution in [0.1, 0.15) is 43.7 Å². The first-order chi connectivity index (χ1) is 12.1. The van der Waals surface area contributed by atoms with Gasteiger partial charge in [-0.2, -0.15) is 0 Å². The molecule has 2 atom stereocenters. The van der Waals surface area contributed by atoms with Gasteiger partial charge in [0.05, 0.1) is 23.6 Å². The average Bonchev–Trinajstić information content (AvgIpc) is 3.03. The number of aromatic nitrogens is 2. The van der Waals surface area contributed by atoms with E-state index in [9.17, 15) is 9.90 Å². The predicted octanol–water partition coefficient (Wildman–Crippen LogP) is 4.46. The largest absolute Gasteiger partial charge is 0.469 e. The number of aliphatic hydroxyl groups is 1. The summed E-state index contributed by atoms with van der Waals surface area (Å²) in [5.74, 6) is -0.410. The number of hydrogen-bond donors (Lipinski definition) is 1. The van der Waals surface area contributed by atoms with E-state index in [-0.39, 0.29) is 17.3 Å². The van der Waals surface area contributed by atoms with Gasteiger partial charge < -0.3 is 9.84 Å². The summed E-state index contributed by atoms with van der Waals surface area (Å²) in [6, 6.07) is 3.96. The lowest BCUT2D eigenvalue weighted by atomic mass is 9.63. The molecule has 0 amide bonds. The summed E-state index contributed by atoms with van der Waals surface area (Å²) >= 11 is 4.89. The molecule has 1 aliphatic rings. The van der Waals surface area contributed by atoms with Crippen molar-refractivity contribution in [3.05, 3.63) is 33.5 Å². The molecule has 0 aliphatic heterocycles. The van der Waals surface area contributed by atoms with E-state index < -0.39 is 5.60 Å². The van der Waals surface area contributed by atoms with Crippen molar-refractivity contribution in [3.8, 4) is 10.6 Å². The van der Waals surface area contributed by atoms with Gasteiger partial charge in [-0.3, -0.25) is 4.79 Å². The Bertz CT molecular complexity index is 816. The molecule has 140 valence electrons. The fourth-order valence-electron chi connectivity index (χ4n) is 3.86. The molecule has 1 aliphatic carbocycles. The fourth-order valence-corrected chi connectivity index (χ4v) is 5.40. The SMILES string of the molecule is COC(=O)C1CC[C@](O)(c2ncc(-c3cc(C)cc(Br)n3)s2)CC1(C)C. The number of nitrogens with zero attached hydrogens (tertiary/aromatic N) is 2. The number of halogens is 1. The molecular weight excluding hydrogens is 416 g/mol. The van der Waals surface area contributed by atoms with Gasteiger partial charge in [0, 0.05) is 6.20 Å². The molecule has 1 unspecified atom stereocenters. The second-order valence-corrected chi connectivity index (χ2v) is 9.54. The average molecular weight is 439 g/mol. The van der Waals surface area contributed by atoms with Crippen LogP contribution in [0.3, 0.4) is 0 Å². The molecule has 26 heavy (non-hydrogen) atoms. The van der Waals surface area contributed by atoms with Gasteiger partial charge in [0.15, 0.2) is 0 Å². The van der Waals surface area contributed by atoms with Crippen molar-refractivity contribution in [3.63, 3.8) is 0 Å². The zero-order valence-corrected chi connectivity index (χ0v) is 17.8. The van der Waals surface area contributed by atoms with Crippen molar-refractivity contribution >= 4 is 33.2 Å². The third-order valence-electron chi connectivity index (χ3n) is 5.12. The van der Waals surface area contributed by atoms with Crippen LogP contribution in [0.2, 0.25) is 0 Å². The second-order valence-electron chi connectivity index (χ2n) is 7.69. The van der Waals surface area contributed by atoms with Gasteiger partial charge in [-0.05, 0) is 65.2 Å². The number of thiazole rings is 1. The van der Waals surface area contributed by atoms with Crippen LogP contribution >= 0.6 is 27.3 Å². The molecule has 5 nitrogen and oxygen atoms in total. The Morgan fingerprint density at radius 1 is 1.42 bits per heavy atom. The van der Waals surface area contributed by atoms with Crippen molar-refractivity contribution < 1.29 is 14.6 Å². The van der Waals surface area contributed by atoms with Crippen LogP contribution < -0.4 is 0 Å². The normalized spacial score (nSPS) is 25.1. The van der Waals surface area contributed by atoms with Crippen molar-refractivity contribution in [1.29, 1.82) is 0 Å². The number of ether oxygens (including phenoxy) is 1. The van der Waals surface area contributed by atoms with E-state index in [1.165, 1.54) is 18.4 Å². The maximum absolute atomic E-state index is 12.1. The topological polar surface area (TPSA) is 72.3 Å². The van der Waals surface area contributed by atoms with Gasteiger partial charge in [-0.25, -0.2) is 9.97 Å². The quantitative estimate of drug-likeness (QED) is 0.565. The van der Waals surface area contributed by atoms with Crippen molar-refractivity contribution in [2.24, 2.45) is 11.3 Å². The number of aryl methyl sites for hydroxylation is 1. The highest BCUT2D eigenvalue weighted by atomic mass is 79.9. The Balaban J connectivity index is 1.88. The molecule has 0 bridgehead atoms. The van der Waals surface area contributed by atoms with Gasteiger partial charge in [-0.1, -0.05) is 13.8 Å². The third-order valence-corrected chi connectivity index (χ3v) is 6.74. The molecule has 0 aromatic carbocycles. The lowest BCUT2D eigenvalue weighted by Crippen LogP contribution is -2.45. The fraction of sp³-hybridized carbons (Fsp3) is 0.526. The van der Waals surface area contributed by atoms with Crippen LogP contribution in [0, 0.1) is 18.3 Å². The first-order valence-electron chi connectivity index (χ1n) is 8.56. The van der Waals surface area contributed by atoms with E-state index in [1.54, 1.807) is 6.20 Å². The summed E-state index contributed by atoms with van der Waals surface area (Å²) in [5.41, 5.74) is 0.552. The lowest BCUT2D eigenvalue weighted by Gasteiger charge is -2.44. The molecule has 1 saturated carbocycles. The Labute approximate surface area is 166 Å². The third kappa shape index (κ3) is 3.70. The van der Waals surface area contributed by atoms with Crippen LogP contribution in [0.25, 0.3) is 10.6 Å². The molecule has 7 heteroatoms. The number of carbonyl (C=O) groups is 1. The minimum Gasteiger partial charge on any atom is -0.469 e. The van der Waals surface area contributed by atoms with Crippen LogP contribution in [-0.4, -0.2) is 28.2 Å². The van der Waals surface area contributed by atoms with E-state index >= 15 is 0 Å². The smallest absolute Gasteiger partial charge is 0.309 e. The molecular formula is C19H23BrN2O3S. The highest BCUT2D eigenvalue weighted by Gasteiger charge is 2.49. The summed E-state index contributed by atoms with van der Waals surface area (Å²) in [6.45, 7) is 6.03. The minimum atomic E-state index is -1.03. The summed E-state index contributed by atoms with van der Waals surface area (Å²) in [7, 11) is 1.42. The maximum Gasteiger partial charge on any atom is 0.309 e. The molecule has 0 saturated heterocycles. The number of methoxy groups -OCH3 is 1. The van der Waals surface area contributed by atoms with E-state index in [0.29, 0.717) is 24.3 Å². The highest BCUT2D eigenvalue weighted by molar-refractivity contribution is 9.10. The van der Waals surface area contributed by atoms with Gasteiger partial charge in [0.2, 0.25) is 0 Å². The van der Waals surface area contributed by atoms with Gasteiger partial charge in [-0.15, -0.1) is 11.3 Å². The standard InChI is InChI=1S/C19H23BrN2O3S/c1-11-7-13(22-15(20)8-11)14-9-21-17(26-14)19(24)6-5-12(16(23)25-4)18(2,3)10-19/h7-9,12,24H,5-6,10H2,1-4H3/t12?,19-/m1/s1. The number of hydrogen-bond acceptors (Lipinski definition) is 6. The van der Waals surface area contributed by atoms with Gasteiger partial charge in [0.1, 0.15) is 15.2 Å². The van der Waals surface area contributed by atoms with E-state index in [4.69, 9.17) is 4.74 Å². The maximum atomic E-state index is 12.1. The zero-order chi connectivity index (χ0) is 19.1. The lowest BCUT2D eigenvalue weighted by molar-refractivity contribution is -0.157. The second kappa shape index (κ2) is 7.02. The molecule has 3 rings (SSSR count). The number of rotatable bonds is 3. The van der Waals surface area contributed by atoms with Crippen molar-refractivity contribution in [2.45, 2.75) is 45.6 Å². The Kier molecular flexibility index (Phi) is 5.25. The summed E-state index contributed by atoms with van der Waals surface area (Å²) in [5, 5.41) is 12.0. The number of esters is 1. The summed E-state index contributed by atoms with van der Waals surface area (Å²) < 4.78 is 5.72. The predicted molar refractivity (Wildman–Crippen MR) is 105 cm³/mol. The molecule has 0 radical (unpaired) electrons. The Morgan fingerprint density at radius 3 is 2.77 bits per heavy atom. The molecule has 2 heterocycles. The Morgan fingerprint density at radius 2 is 2.15 bits per heavy atom. The Hall–Kier alpha value is -1.31. The van der Waals surface area contributed by atoms with Crippen LogP contribution in [0.4, 0.5) is 0 Å². The van der Waals surface area contributed by atoms with E-state index in [2.05, 4.69) is 25.9 Å². The molecule has 1 fully saturated rings. The first kappa shape index (κ1) is 19.5. The zero-order valence-electron chi connectivity index (χ0n) is 15.4. The molecule has 1 N–H and O–H groups in total. The summed E-state index contributed by atoms with van der Waals surface area (Å²) in [4.78, 5) is 22.0. The summed E-state index contributed by atoms with van der Waals surface area (Å²) in [6.07, 6.45) is 3.32. The highest BCUT2D eigenvalue weighted by Crippen LogP contribution is 2.51.